The van der Waals surface area contributed by atoms with E-state index in [0.29, 0.717) is 30.3 Å². The van der Waals surface area contributed by atoms with Gasteiger partial charge in [-0.2, -0.15) is 4.98 Å². The highest BCUT2D eigenvalue weighted by Crippen LogP contribution is 2.33. The Bertz CT molecular complexity index is 1150. The maximum absolute atomic E-state index is 13.0. The summed E-state index contributed by atoms with van der Waals surface area (Å²) in [6.45, 7) is 6.05. The Hall–Kier alpha value is -2.87. The molecule has 0 aliphatic carbocycles. The van der Waals surface area contributed by atoms with Crippen molar-refractivity contribution in [1.82, 2.24) is 18.7 Å². The van der Waals surface area contributed by atoms with Gasteiger partial charge in [0.2, 0.25) is 5.95 Å². The molecular formula is C19H23N5O3. The second-order valence-corrected chi connectivity index (χ2v) is 6.97. The fraction of sp³-hybridized carbons (Fsp3) is 0.421. The number of rotatable bonds is 4. The van der Waals surface area contributed by atoms with Crippen LogP contribution in [0.5, 0.6) is 0 Å². The summed E-state index contributed by atoms with van der Waals surface area (Å²) >= 11 is 0. The first kappa shape index (κ1) is 17.5. The molecule has 0 atom stereocenters. The summed E-state index contributed by atoms with van der Waals surface area (Å²) in [6, 6.07) is 6.28. The van der Waals surface area contributed by atoms with Gasteiger partial charge in [-0.3, -0.25) is 13.9 Å². The molecule has 0 radical (unpaired) electrons. The largest absolute Gasteiger partial charge is 0.383 e. The monoisotopic (exact) mass is 369 g/mol. The topological polar surface area (TPSA) is 74.3 Å². The Morgan fingerprint density at radius 1 is 1.19 bits per heavy atom. The third kappa shape index (κ3) is 2.59. The van der Waals surface area contributed by atoms with Crippen LogP contribution in [0.4, 0.5) is 11.6 Å². The molecule has 0 spiro atoms. The van der Waals surface area contributed by atoms with Gasteiger partial charge in [0.1, 0.15) is 0 Å². The van der Waals surface area contributed by atoms with E-state index in [2.05, 4.69) is 41.9 Å². The number of benzene rings is 1. The quantitative estimate of drug-likeness (QED) is 0.693. The molecule has 3 aromatic rings. The summed E-state index contributed by atoms with van der Waals surface area (Å²) in [6.07, 6.45) is 0. The zero-order valence-corrected chi connectivity index (χ0v) is 16.0. The van der Waals surface area contributed by atoms with Crippen molar-refractivity contribution in [3.8, 4) is 0 Å². The third-order valence-corrected chi connectivity index (χ3v) is 5.16. The van der Waals surface area contributed by atoms with Crippen LogP contribution in [0.2, 0.25) is 0 Å². The number of aromatic nitrogens is 4. The Labute approximate surface area is 156 Å². The number of hydrogen-bond donors (Lipinski definition) is 0. The van der Waals surface area contributed by atoms with Crippen LogP contribution in [0.3, 0.4) is 0 Å². The van der Waals surface area contributed by atoms with Gasteiger partial charge in [0.05, 0.1) is 13.2 Å². The molecule has 4 rings (SSSR count). The van der Waals surface area contributed by atoms with Crippen LogP contribution in [0.1, 0.15) is 11.1 Å². The van der Waals surface area contributed by atoms with Crippen molar-refractivity contribution < 1.29 is 4.74 Å². The van der Waals surface area contributed by atoms with E-state index in [1.165, 1.54) is 14.7 Å². The van der Waals surface area contributed by atoms with E-state index < -0.39 is 0 Å². The van der Waals surface area contributed by atoms with E-state index in [4.69, 9.17) is 4.74 Å². The Kier molecular flexibility index (Phi) is 4.15. The second kappa shape index (κ2) is 6.38. The molecule has 1 aromatic carbocycles. The number of ether oxygens (including phenoxy) is 1. The summed E-state index contributed by atoms with van der Waals surface area (Å²) in [4.78, 5) is 32.4. The lowest BCUT2D eigenvalue weighted by Gasteiger charge is -2.19. The summed E-state index contributed by atoms with van der Waals surface area (Å²) in [7, 11) is 3.20. The fourth-order valence-corrected chi connectivity index (χ4v) is 3.79. The summed E-state index contributed by atoms with van der Waals surface area (Å²) in [5, 5.41) is 0. The number of fused-ring (bicyclic) bond motifs is 3. The van der Waals surface area contributed by atoms with Crippen molar-refractivity contribution in [1.29, 1.82) is 0 Å². The van der Waals surface area contributed by atoms with Crippen LogP contribution in [-0.4, -0.2) is 38.9 Å². The molecule has 2 aromatic heterocycles. The zero-order chi connectivity index (χ0) is 19.3. The first-order valence-electron chi connectivity index (χ1n) is 8.98. The van der Waals surface area contributed by atoms with Gasteiger partial charge in [0.15, 0.2) is 11.2 Å². The highest BCUT2D eigenvalue weighted by Gasteiger charge is 2.29. The number of methoxy groups -OCH3 is 1. The van der Waals surface area contributed by atoms with Gasteiger partial charge in [-0.05, 0) is 25.5 Å². The van der Waals surface area contributed by atoms with Crippen LogP contribution in [0.15, 0.2) is 27.8 Å². The molecule has 0 amide bonds. The highest BCUT2D eigenvalue weighted by molar-refractivity contribution is 5.78. The number of aryl methyl sites for hydroxylation is 3. The van der Waals surface area contributed by atoms with Crippen molar-refractivity contribution in [2.75, 3.05) is 25.2 Å². The Morgan fingerprint density at radius 3 is 2.67 bits per heavy atom. The minimum Gasteiger partial charge on any atom is -0.383 e. The lowest BCUT2D eigenvalue weighted by Crippen LogP contribution is -2.40. The molecule has 0 saturated heterocycles. The number of anilines is 2. The number of nitrogens with zero attached hydrogens (tertiary/aromatic N) is 5. The van der Waals surface area contributed by atoms with Crippen molar-refractivity contribution in [2.45, 2.75) is 26.9 Å². The van der Waals surface area contributed by atoms with Gasteiger partial charge in [-0.1, -0.05) is 17.7 Å². The number of hydrogen-bond acceptors (Lipinski definition) is 5. The van der Waals surface area contributed by atoms with Gasteiger partial charge in [-0.15, -0.1) is 0 Å². The van der Waals surface area contributed by atoms with E-state index in [1.807, 2.05) is 4.57 Å². The average molecular weight is 369 g/mol. The average Bonchev–Trinajstić information content (AvgIpc) is 3.19. The van der Waals surface area contributed by atoms with Crippen LogP contribution in [0, 0.1) is 13.8 Å². The molecule has 0 N–H and O–H groups in total. The molecule has 8 heteroatoms. The second-order valence-electron chi connectivity index (χ2n) is 6.97. The molecule has 1 aliphatic rings. The highest BCUT2D eigenvalue weighted by atomic mass is 16.5. The lowest BCUT2D eigenvalue weighted by molar-refractivity contribution is 0.184. The fourth-order valence-electron chi connectivity index (χ4n) is 3.79. The summed E-state index contributed by atoms with van der Waals surface area (Å²) in [5.41, 5.74) is 3.62. The molecule has 0 fully saturated rings. The van der Waals surface area contributed by atoms with E-state index in [0.717, 1.165) is 17.8 Å². The molecule has 0 unspecified atom stereocenters. The van der Waals surface area contributed by atoms with Crippen molar-refractivity contribution in [3.05, 3.63) is 50.2 Å². The van der Waals surface area contributed by atoms with E-state index in [9.17, 15) is 9.59 Å². The zero-order valence-electron chi connectivity index (χ0n) is 16.0. The van der Waals surface area contributed by atoms with Crippen molar-refractivity contribution >= 4 is 22.8 Å². The normalized spacial score (nSPS) is 13.6. The maximum Gasteiger partial charge on any atom is 0.332 e. The first-order chi connectivity index (χ1) is 12.9. The van der Waals surface area contributed by atoms with Gasteiger partial charge in [-0.25, -0.2) is 4.79 Å². The van der Waals surface area contributed by atoms with Gasteiger partial charge in [0.25, 0.3) is 5.56 Å². The number of imidazole rings is 1. The predicted octanol–water partition coefficient (Wildman–Crippen LogP) is 1.31. The van der Waals surface area contributed by atoms with Crippen LogP contribution >= 0.6 is 0 Å². The van der Waals surface area contributed by atoms with Crippen LogP contribution in [-0.2, 0) is 24.9 Å². The maximum atomic E-state index is 13.0. The Morgan fingerprint density at radius 2 is 1.96 bits per heavy atom. The minimum atomic E-state index is -0.376. The van der Waals surface area contributed by atoms with Gasteiger partial charge < -0.3 is 14.2 Å². The summed E-state index contributed by atoms with van der Waals surface area (Å²) < 4.78 is 9.62. The molecule has 3 heterocycles. The van der Waals surface area contributed by atoms with Gasteiger partial charge >= 0.3 is 5.69 Å². The lowest BCUT2D eigenvalue weighted by atomic mass is 10.1. The molecule has 8 nitrogen and oxygen atoms in total. The third-order valence-electron chi connectivity index (χ3n) is 5.16. The van der Waals surface area contributed by atoms with Crippen molar-refractivity contribution in [3.63, 3.8) is 0 Å². The smallest absolute Gasteiger partial charge is 0.332 e. The molecule has 1 aliphatic heterocycles. The molecular weight excluding hydrogens is 346 g/mol. The molecule has 27 heavy (non-hydrogen) atoms. The van der Waals surface area contributed by atoms with Crippen LogP contribution in [0.25, 0.3) is 11.2 Å². The molecule has 0 bridgehead atoms. The first-order valence-corrected chi connectivity index (χ1v) is 8.98. The van der Waals surface area contributed by atoms with Crippen molar-refractivity contribution in [2.24, 2.45) is 7.05 Å². The minimum absolute atomic E-state index is 0.221. The van der Waals surface area contributed by atoms with E-state index in [-0.39, 0.29) is 17.8 Å². The van der Waals surface area contributed by atoms with Crippen LogP contribution < -0.4 is 16.1 Å². The van der Waals surface area contributed by atoms with E-state index >= 15 is 0 Å². The van der Waals surface area contributed by atoms with Gasteiger partial charge in [0, 0.05) is 32.9 Å². The SMILES string of the molecule is COCCn1c(=O)c2c(nc3n2CCN3c2ccc(C)cc2C)n(C)c1=O. The Balaban J connectivity index is 1.92. The molecule has 142 valence electrons. The molecule has 0 saturated carbocycles. The standard InChI is InChI=1S/C19H23N5O3/c1-12-5-6-14(13(2)11-12)22-7-8-23-15-16(20-18(22)23)21(3)19(26)24(17(15)25)9-10-27-4/h5-6,11H,7-10H2,1-4H3. The van der Waals surface area contributed by atoms with E-state index in [1.54, 1.807) is 14.2 Å². The predicted molar refractivity (Wildman–Crippen MR) is 104 cm³/mol. The summed E-state index contributed by atoms with van der Waals surface area (Å²) in [5.74, 6) is 0.702.